The molecule has 0 aliphatic carbocycles. The van der Waals surface area contributed by atoms with E-state index in [9.17, 15) is 37.1 Å². The second kappa shape index (κ2) is 20.2. The molecule has 3 heterocycles. The summed E-state index contributed by atoms with van der Waals surface area (Å²) in [6, 6.07) is 22.8. The molecule has 0 radical (unpaired) electrons. The van der Waals surface area contributed by atoms with Crippen molar-refractivity contribution in [3.8, 4) is 5.75 Å². The molecule has 1 aromatic heterocycles. The summed E-state index contributed by atoms with van der Waals surface area (Å²) in [4.78, 5) is 62.5. The van der Waals surface area contributed by atoms with Crippen LogP contribution in [0.15, 0.2) is 96.4 Å². The fourth-order valence-corrected chi connectivity index (χ4v) is 4.98. The molecule has 2 atom stereocenters. The molecule has 0 saturated heterocycles. The van der Waals surface area contributed by atoms with Gasteiger partial charge in [0, 0.05) is 11.3 Å². The minimum absolute atomic E-state index is 0.163. The maximum atomic E-state index is 12.9. The Morgan fingerprint density at radius 3 is 1.96 bits per heavy atom. The van der Waals surface area contributed by atoms with E-state index in [1.54, 1.807) is 35.6 Å². The minimum Gasteiger partial charge on any atom is -0.484 e. The van der Waals surface area contributed by atoms with E-state index < -0.39 is 67.1 Å². The van der Waals surface area contributed by atoms with Crippen molar-refractivity contribution in [3.05, 3.63) is 124 Å². The maximum Gasteiger partial charge on any atom is 0.416 e. The predicted octanol–water partition coefficient (Wildman–Crippen LogP) is 4.34. The van der Waals surface area contributed by atoms with Gasteiger partial charge in [-0.2, -0.15) is 13.2 Å². The van der Waals surface area contributed by atoms with Crippen molar-refractivity contribution in [1.82, 2.24) is 21.3 Å². The summed E-state index contributed by atoms with van der Waals surface area (Å²) < 4.78 is 44.0. The third-order valence-electron chi connectivity index (χ3n) is 7.11. The number of fused-ring (bicyclic) bond motifs is 16. The zero-order valence-corrected chi connectivity index (χ0v) is 28.8. The van der Waals surface area contributed by atoms with Crippen molar-refractivity contribution in [1.29, 1.82) is 0 Å². The lowest BCUT2D eigenvalue weighted by Crippen LogP contribution is -2.52. The Balaban J connectivity index is 0.000000446. The summed E-state index contributed by atoms with van der Waals surface area (Å²) in [5.41, 5.74) is 1.45. The number of aldehydes is 1. The standard InChI is InChI=1S/C25H25F3N4O6.C7H8.C5H6S/c26-25(27,28)17-5-1-16(2-6-17)10-20-24(37)30-12-21(34)31-18(13-33)9-15-3-7-19(8-4-15)38-14-23(36)29-11-22(35)32-20;1-7-5-3-2-4-6-7;1-5-3-2-4-6-5/h1-8,13,18,20H,9-12,14H2,(H,29,36)(H,30,37)(H,31,34)(H,32,35);2-6H,1H3;2-4H,1H3/t18-,20+;;/m0../s1. The number of halogens is 3. The Morgan fingerprint density at radius 2 is 1.43 bits per heavy atom. The second-order valence-electron chi connectivity index (χ2n) is 11.3. The molecule has 4 aromatic rings. The Labute approximate surface area is 297 Å². The largest absolute Gasteiger partial charge is 0.484 e. The Morgan fingerprint density at radius 1 is 0.784 bits per heavy atom. The first-order valence-electron chi connectivity index (χ1n) is 15.8. The Hall–Kier alpha value is -5.50. The molecule has 10 nitrogen and oxygen atoms in total. The average molecular weight is 725 g/mol. The monoisotopic (exact) mass is 724 g/mol. The summed E-state index contributed by atoms with van der Waals surface area (Å²) in [6.07, 6.45) is -4.03. The van der Waals surface area contributed by atoms with E-state index in [-0.39, 0.29) is 12.8 Å². The molecular formula is C37H39F3N4O6S. The van der Waals surface area contributed by atoms with Gasteiger partial charge in [0.1, 0.15) is 18.1 Å². The van der Waals surface area contributed by atoms with Crippen LogP contribution in [0, 0.1) is 13.8 Å². The average Bonchev–Trinajstić information content (AvgIpc) is 3.60. The number of alkyl halides is 3. The minimum atomic E-state index is -4.54. The smallest absolute Gasteiger partial charge is 0.416 e. The fraction of sp³-hybridized carbons (Fsp3) is 0.270. The third-order valence-corrected chi connectivity index (χ3v) is 7.91. The van der Waals surface area contributed by atoms with E-state index in [4.69, 9.17) is 4.74 Å². The van der Waals surface area contributed by atoms with Gasteiger partial charge >= 0.3 is 6.18 Å². The van der Waals surface area contributed by atoms with Gasteiger partial charge in [-0.25, -0.2) is 0 Å². The predicted molar refractivity (Wildman–Crippen MR) is 187 cm³/mol. The molecule has 0 spiro atoms. The highest BCUT2D eigenvalue weighted by Crippen LogP contribution is 2.29. The molecule has 2 aliphatic rings. The van der Waals surface area contributed by atoms with Crippen LogP contribution < -0.4 is 26.0 Å². The number of hydrogen-bond acceptors (Lipinski definition) is 7. The van der Waals surface area contributed by atoms with Crippen molar-refractivity contribution in [2.24, 2.45) is 0 Å². The molecule has 14 heteroatoms. The SMILES string of the molecule is Cc1ccccc1.Cc1cccs1.O=C[C@@H]1Cc2ccc(cc2)OCC(=O)NCC(=O)N[C@H](Cc2ccc(C(F)(F)F)cc2)C(=O)NCC(=O)N1. The van der Waals surface area contributed by atoms with Crippen LogP contribution >= 0.6 is 11.3 Å². The highest BCUT2D eigenvalue weighted by atomic mass is 32.1. The molecule has 3 aromatic carbocycles. The number of amides is 4. The Bertz CT molecular complexity index is 1700. The van der Waals surface area contributed by atoms with Gasteiger partial charge in [-0.1, -0.05) is 66.2 Å². The van der Waals surface area contributed by atoms with Gasteiger partial charge in [-0.15, -0.1) is 11.3 Å². The van der Waals surface area contributed by atoms with Crippen LogP contribution in [0.3, 0.4) is 0 Å². The van der Waals surface area contributed by atoms with Crippen LogP contribution in [0.5, 0.6) is 5.75 Å². The molecule has 2 aliphatic heterocycles. The molecule has 4 amide bonds. The van der Waals surface area contributed by atoms with Crippen molar-refractivity contribution < 1.29 is 41.9 Å². The second-order valence-corrected chi connectivity index (χ2v) is 12.5. The number of nitrogens with one attached hydrogen (secondary N) is 4. The lowest BCUT2D eigenvalue weighted by molar-refractivity contribution is -0.137. The van der Waals surface area contributed by atoms with Gasteiger partial charge in [-0.3, -0.25) is 19.2 Å². The zero-order valence-electron chi connectivity index (χ0n) is 28.0. The van der Waals surface area contributed by atoms with Crippen molar-refractivity contribution in [3.63, 3.8) is 0 Å². The van der Waals surface area contributed by atoms with Gasteiger partial charge < -0.3 is 30.8 Å². The highest BCUT2D eigenvalue weighted by Gasteiger charge is 2.30. The molecule has 51 heavy (non-hydrogen) atoms. The van der Waals surface area contributed by atoms with Crippen molar-refractivity contribution >= 4 is 41.3 Å². The number of thiophene rings is 1. The van der Waals surface area contributed by atoms with E-state index >= 15 is 0 Å². The van der Waals surface area contributed by atoms with E-state index in [1.807, 2.05) is 18.2 Å². The van der Waals surface area contributed by atoms with Crippen LogP contribution in [0.25, 0.3) is 0 Å². The van der Waals surface area contributed by atoms with E-state index in [0.717, 1.165) is 12.1 Å². The first-order chi connectivity index (χ1) is 24.3. The number of carbonyl (C=O) groups excluding carboxylic acids is 5. The maximum absolute atomic E-state index is 12.9. The normalized spacial score (nSPS) is 17.1. The summed E-state index contributed by atoms with van der Waals surface area (Å²) in [6.45, 7) is 2.77. The Kier molecular flexibility index (Phi) is 15.8. The molecule has 2 bridgehead atoms. The van der Waals surface area contributed by atoms with Crippen molar-refractivity contribution in [2.75, 3.05) is 19.7 Å². The topological polar surface area (TPSA) is 143 Å². The highest BCUT2D eigenvalue weighted by molar-refractivity contribution is 7.09. The molecule has 4 N–H and O–H groups in total. The number of rotatable bonds is 3. The lowest BCUT2D eigenvalue weighted by Gasteiger charge is -2.19. The molecule has 0 fully saturated rings. The van der Waals surface area contributed by atoms with E-state index in [1.165, 1.54) is 22.6 Å². The third kappa shape index (κ3) is 15.3. The summed E-state index contributed by atoms with van der Waals surface area (Å²) in [7, 11) is 0. The van der Waals surface area contributed by atoms with Crippen LogP contribution in [-0.2, 0) is 43.0 Å². The van der Waals surface area contributed by atoms with E-state index in [0.29, 0.717) is 23.2 Å². The molecule has 6 rings (SSSR count). The van der Waals surface area contributed by atoms with Gasteiger partial charge in [-0.05, 0) is 67.1 Å². The van der Waals surface area contributed by atoms with Crippen LogP contribution in [0.1, 0.15) is 27.1 Å². The first-order valence-corrected chi connectivity index (χ1v) is 16.7. The molecule has 270 valence electrons. The number of carbonyl (C=O) groups is 5. The van der Waals surface area contributed by atoms with Crippen molar-refractivity contribution in [2.45, 2.75) is 44.9 Å². The van der Waals surface area contributed by atoms with Crippen LogP contribution in [0.2, 0.25) is 0 Å². The van der Waals surface area contributed by atoms with Gasteiger partial charge in [0.05, 0.1) is 24.7 Å². The van der Waals surface area contributed by atoms with Crippen LogP contribution in [0.4, 0.5) is 13.2 Å². The van der Waals surface area contributed by atoms with Crippen LogP contribution in [-0.4, -0.2) is 61.7 Å². The first kappa shape index (κ1) is 39.9. The molecule has 0 unspecified atom stereocenters. The van der Waals surface area contributed by atoms with Gasteiger partial charge in [0.15, 0.2) is 6.61 Å². The number of aryl methyl sites for hydroxylation is 2. The van der Waals surface area contributed by atoms with Gasteiger partial charge in [0.2, 0.25) is 17.7 Å². The van der Waals surface area contributed by atoms with Gasteiger partial charge in [0.25, 0.3) is 5.91 Å². The number of hydrogen-bond donors (Lipinski definition) is 4. The quantitative estimate of drug-likeness (QED) is 0.183. The molecule has 0 saturated carbocycles. The fourth-order valence-electron chi connectivity index (χ4n) is 4.45. The molecular weight excluding hydrogens is 685 g/mol. The number of benzene rings is 3. The van der Waals surface area contributed by atoms with E-state index in [2.05, 4.69) is 64.8 Å². The lowest BCUT2D eigenvalue weighted by atomic mass is 10.0. The summed E-state index contributed by atoms with van der Waals surface area (Å²) >= 11 is 1.78. The summed E-state index contributed by atoms with van der Waals surface area (Å²) in [5, 5.41) is 11.7. The zero-order chi connectivity index (χ0) is 37.2. The summed E-state index contributed by atoms with van der Waals surface area (Å²) in [5.74, 6) is -2.46. The number of ether oxygens (including phenoxy) is 1.